The SMILES string of the molecule is CC1CC(C)CN(C(=O)CC(C)(C)CC(=O)N2CCN(c3ccc(F)cc3)CC2)C1. The summed E-state index contributed by atoms with van der Waals surface area (Å²) in [6.07, 6.45) is 1.97. The van der Waals surface area contributed by atoms with E-state index >= 15 is 0 Å². The van der Waals surface area contributed by atoms with Crippen molar-refractivity contribution in [2.45, 2.75) is 47.0 Å². The molecule has 0 spiro atoms. The Kier molecular flexibility index (Phi) is 7.04. The van der Waals surface area contributed by atoms with Crippen LogP contribution in [0.15, 0.2) is 24.3 Å². The van der Waals surface area contributed by atoms with Gasteiger partial charge in [0.2, 0.25) is 11.8 Å². The molecule has 2 unspecified atom stereocenters. The highest BCUT2D eigenvalue weighted by Crippen LogP contribution is 2.30. The van der Waals surface area contributed by atoms with Crippen molar-refractivity contribution in [3.8, 4) is 0 Å². The van der Waals surface area contributed by atoms with Gasteiger partial charge in [0.05, 0.1) is 0 Å². The summed E-state index contributed by atoms with van der Waals surface area (Å²) in [5.74, 6) is 1.14. The van der Waals surface area contributed by atoms with Gasteiger partial charge in [-0.15, -0.1) is 0 Å². The first-order chi connectivity index (χ1) is 14.1. The van der Waals surface area contributed by atoms with Gasteiger partial charge in [0.1, 0.15) is 5.82 Å². The topological polar surface area (TPSA) is 43.9 Å². The van der Waals surface area contributed by atoms with Crippen molar-refractivity contribution >= 4 is 17.5 Å². The summed E-state index contributed by atoms with van der Waals surface area (Å²) in [6.45, 7) is 12.9. The molecule has 3 rings (SSSR count). The molecule has 1 aromatic carbocycles. The van der Waals surface area contributed by atoms with Crippen LogP contribution in [0.3, 0.4) is 0 Å². The lowest BCUT2D eigenvalue weighted by atomic mass is 9.83. The summed E-state index contributed by atoms with van der Waals surface area (Å²) < 4.78 is 13.1. The second kappa shape index (κ2) is 9.36. The van der Waals surface area contributed by atoms with Crippen LogP contribution in [0.2, 0.25) is 0 Å². The maximum absolute atomic E-state index is 13.1. The van der Waals surface area contributed by atoms with E-state index < -0.39 is 0 Å². The summed E-state index contributed by atoms with van der Waals surface area (Å²) >= 11 is 0. The van der Waals surface area contributed by atoms with Crippen molar-refractivity contribution in [3.63, 3.8) is 0 Å². The number of benzene rings is 1. The lowest BCUT2D eigenvalue weighted by Gasteiger charge is -2.39. The number of carbonyl (C=O) groups is 2. The van der Waals surface area contributed by atoms with Crippen LogP contribution in [0.5, 0.6) is 0 Å². The number of likely N-dealkylation sites (tertiary alicyclic amines) is 1. The molecule has 2 atom stereocenters. The summed E-state index contributed by atoms with van der Waals surface area (Å²) in [6, 6.07) is 6.50. The Labute approximate surface area is 180 Å². The Balaban J connectivity index is 1.48. The maximum Gasteiger partial charge on any atom is 0.223 e. The van der Waals surface area contributed by atoms with E-state index in [1.807, 2.05) is 23.6 Å². The number of piperazine rings is 1. The fourth-order valence-corrected chi connectivity index (χ4v) is 4.84. The quantitative estimate of drug-likeness (QED) is 0.732. The van der Waals surface area contributed by atoms with E-state index in [-0.39, 0.29) is 23.0 Å². The molecular weight excluding hydrogens is 381 g/mol. The average Bonchev–Trinajstić information content (AvgIpc) is 2.67. The van der Waals surface area contributed by atoms with E-state index in [2.05, 4.69) is 18.7 Å². The highest BCUT2D eigenvalue weighted by Gasteiger charge is 2.33. The summed E-state index contributed by atoms with van der Waals surface area (Å²) in [5, 5.41) is 0. The number of anilines is 1. The zero-order valence-corrected chi connectivity index (χ0v) is 18.9. The standard InChI is InChI=1S/C24H36FN3O2/c1-18-13-19(2)17-28(16-18)23(30)15-24(3,4)14-22(29)27-11-9-26(10-12-27)21-7-5-20(25)6-8-21/h5-8,18-19H,9-17H2,1-4H3. The Morgan fingerprint density at radius 2 is 1.40 bits per heavy atom. The third kappa shape index (κ3) is 5.96. The van der Waals surface area contributed by atoms with E-state index in [0.717, 1.165) is 31.9 Å². The number of nitrogens with zero attached hydrogens (tertiary/aromatic N) is 3. The van der Waals surface area contributed by atoms with Crippen molar-refractivity contribution in [2.24, 2.45) is 17.3 Å². The third-order valence-electron chi connectivity index (χ3n) is 6.31. The molecule has 1 aromatic rings. The predicted octanol–water partition coefficient (Wildman–Crippen LogP) is 3.79. The van der Waals surface area contributed by atoms with Gasteiger partial charge in [0.25, 0.3) is 0 Å². The highest BCUT2D eigenvalue weighted by atomic mass is 19.1. The summed E-state index contributed by atoms with van der Waals surface area (Å²) in [4.78, 5) is 31.8. The lowest BCUT2D eigenvalue weighted by Crippen LogP contribution is -2.50. The van der Waals surface area contributed by atoms with Crippen molar-refractivity contribution < 1.29 is 14.0 Å². The molecule has 5 nitrogen and oxygen atoms in total. The minimum Gasteiger partial charge on any atom is -0.368 e. The largest absolute Gasteiger partial charge is 0.368 e. The molecule has 166 valence electrons. The first kappa shape index (κ1) is 22.6. The van der Waals surface area contributed by atoms with Crippen LogP contribution in [0, 0.1) is 23.1 Å². The smallest absolute Gasteiger partial charge is 0.223 e. The van der Waals surface area contributed by atoms with Crippen molar-refractivity contribution in [1.82, 2.24) is 9.80 Å². The van der Waals surface area contributed by atoms with Gasteiger partial charge in [-0.05, 0) is 47.9 Å². The second-order valence-electron chi connectivity index (χ2n) is 10.1. The van der Waals surface area contributed by atoms with Crippen LogP contribution in [0.4, 0.5) is 10.1 Å². The van der Waals surface area contributed by atoms with Crippen LogP contribution in [0.1, 0.15) is 47.0 Å². The van der Waals surface area contributed by atoms with Gasteiger partial charge in [0, 0.05) is 57.8 Å². The average molecular weight is 418 g/mol. The molecule has 2 fully saturated rings. The van der Waals surface area contributed by atoms with Crippen molar-refractivity contribution in [1.29, 1.82) is 0 Å². The Morgan fingerprint density at radius 1 is 0.900 bits per heavy atom. The number of carbonyl (C=O) groups excluding carboxylic acids is 2. The summed E-state index contributed by atoms with van der Waals surface area (Å²) in [7, 11) is 0. The monoisotopic (exact) mass is 417 g/mol. The van der Waals surface area contributed by atoms with Gasteiger partial charge in [-0.3, -0.25) is 9.59 Å². The van der Waals surface area contributed by atoms with Crippen LogP contribution < -0.4 is 4.90 Å². The fourth-order valence-electron chi connectivity index (χ4n) is 4.84. The van der Waals surface area contributed by atoms with Gasteiger partial charge >= 0.3 is 0 Å². The molecule has 0 bridgehead atoms. The number of hydrogen-bond acceptors (Lipinski definition) is 3. The Hall–Kier alpha value is -2.11. The first-order valence-electron chi connectivity index (χ1n) is 11.2. The van der Waals surface area contributed by atoms with E-state index in [9.17, 15) is 14.0 Å². The molecule has 2 aliphatic rings. The predicted molar refractivity (Wildman–Crippen MR) is 118 cm³/mol. The third-order valence-corrected chi connectivity index (χ3v) is 6.31. The van der Waals surface area contributed by atoms with Gasteiger partial charge in [0.15, 0.2) is 0 Å². The molecule has 0 N–H and O–H groups in total. The minimum absolute atomic E-state index is 0.118. The Morgan fingerprint density at radius 3 is 1.93 bits per heavy atom. The van der Waals surface area contributed by atoms with Crippen molar-refractivity contribution in [3.05, 3.63) is 30.1 Å². The molecule has 2 amide bonds. The zero-order chi connectivity index (χ0) is 21.9. The Bertz CT molecular complexity index is 731. The van der Waals surface area contributed by atoms with Gasteiger partial charge < -0.3 is 14.7 Å². The number of amides is 2. The van der Waals surface area contributed by atoms with E-state index in [0.29, 0.717) is 37.8 Å². The van der Waals surface area contributed by atoms with E-state index in [1.54, 1.807) is 12.1 Å². The molecule has 2 heterocycles. The van der Waals surface area contributed by atoms with Gasteiger partial charge in [-0.25, -0.2) is 4.39 Å². The maximum atomic E-state index is 13.1. The molecule has 0 aromatic heterocycles. The highest BCUT2D eigenvalue weighted by molar-refractivity contribution is 5.80. The molecule has 6 heteroatoms. The molecule has 30 heavy (non-hydrogen) atoms. The van der Waals surface area contributed by atoms with Crippen molar-refractivity contribution in [2.75, 3.05) is 44.2 Å². The van der Waals surface area contributed by atoms with Crippen LogP contribution >= 0.6 is 0 Å². The zero-order valence-electron chi connectivity index (χ0n) is 18.9. The normalized spacial score (nSPS) is 22.9. The van der Waals surface area contributed by atoms with E-state index in [4.69, 9.17) is 0 Å². The molecular formula is C24H36FN3O2. The molecule has 2 saturated heterocycles. The number of piperidine rings is 1. The first-order valence-corrected chi connectivity index (χ1v) is 11.2. The van der Waals surface area contributed by atoms with Gasteiger partial charge in [-0.2, -0.15) is 0 Å². The van der Waals surface area contributed by atoms with Crippen LogP contribution in [-0.2, 0) is 9.59 Å². The molecule has 2 aliphatic heterocycles. The number of halogens is 1. The molecule has 0 saturated carbocycles. The molecule has 0 aliphatic carbocycles. The number of hydrogen-bond donors (Lipinski definition) is 0. The number of rotatable bonds is 5. The van der Waals surface area contributed by atoms with Gasteiger partial charge in [-0.1, -0.05) is 27.7 Å². The lowest BCUT2D eigenvalue weighted by molar-refractivity contribution is -0.138. The second-order valence-corrected chi connectivity index (χ2v) is 10.1. The molecule has 0 radical (unpaired) electrons. The van der Waals surface area contributed by atoms with Crippen LogP contribution in [-0.4, -0.2) is 60.9 Å². The fraction of sp³-hybridized carbons (Fsp3) is 0.667. The summed E-state index contributed by atoms with van der Waals surface area (Å²) in [5.41, 5.74) is 0.631. The van der Waals surface area contributed by atoms with Crippen LogP contribution in [0.25, 0.3) is 0 Å². The minimum atomic E-state index is -0.355. The van der Waals surface area contributed by atoms with E-state index in [1.165, 1.54) is 18.6 Å².